The Balaban J connectivity index is 1.64. The van der Waals surface area contributed by atoms with Crippen molar-refractivity contribution in [2.45, 2.75) is 6.04 Å². The van der Waals surface area contributed by atoms with Gasteiger partial charge in [-0.05, 0) is 23.8 Å². The lowest BCUT2D eigenvalue weighted by Gasteiger charge is -2.20. The van der Waals surface area contributed by atoms with Crippen molar-refractivity contribution < 1.29 is 14.3 Å². The summed E-state index contributed by atoms with van der Waals surface area (Å²) in [5.74, 6) is 0.287. The molecule has 1 amide bonds. The molecule has 3 aromatic carbocycles. The molecule has 1 heterocycles. The number of anilines is 1. The van der Waals surface area contributed by atoms with Crippen LogP contribution < -0.4 is 15.4 Å². The van der Waals surface area contributed by atoms with E-state index in [2.05, 4.69) is 15.6 Å². The molecule has 1 unspecified atom stereocenters. The summed E-state index contributed by atoms with van der Waals surface area (Å²) in [7, 11) is 1.56. The van der Waals surface area contributed by atoms with E-state index in [4.69, 9.17) is 4.74 Å². The zero-order valence-corrected chi connectivity index (χ0v) is 17.1. The maximum Gasteiger partial charge on any atom is 0.257 e. The molecule has 0 saturated carbocycles. The van der Waals surface area contributed by atoms with Gasteiger partial charge >= 0.3 is 0 Å². The summed E-state index contributed by atoms with van der Waals surface area (Å²) < 4.78 is 5.54. The predicted molar refractivity (Wildman–Crippen MR) is 121 cm³/mol. The number of fused-ring (bicyclic) bond motifs is 1. The van der Waals surface area contributed by atoms with Crippen molar-refractivity contribution in [2.24, 2.45) is 0 Å². The van der Waals surface area contributed by atoms with Gasteiger partial charge in [0.15, 0.2) is 12.4 Å². The van der Waals surface area contributed by atoms with Crippen LogP contribution in [-0.2, 0) is 4.79 Å². The number of hydrogen-bond donors (Lipinski definition) is 3. The van der Waals surface area contributed by atoms with E-state index in [1.807, 2.05) is 66.7 Å². The highest BCUT2D eigenvalue weighted by atomic mass is 16.5. The lowest BCUT2D eigenvalue weighted by molar-refractivity contribution is -0.122. The highest BCUT2D eigenvalue weighted by Crippen LogP contribution is 2.28. The Morgan fingerprint density at radius 2 is 1.74 bits per heavy atom. The Labute approximate surface area is 180 Å². The second-order valence-corrected chi connectivity index (χ2v) is 7.09. The maximum absolute atomic E-state index is 13.6. The van der Waals surface area contributed by atoms with Crippen LogP contribution in [0.3, 0.4) is 0 Å². The number of Topliss-reactive ketones (excluding diaryl/α,β-unsaturated/α-hetero) is 1. The zero-order valence-electron chi connectivity index (χ0n) is 17.1. The number of amides is 1. The number of likely N-dealkylation sites (N-methyl/N-ethyl adjacent to an activating group) is 1. The van der Waals surface area contributed by atoms with Crippen molar-refractivity contribution in [1.29, 1.82) is 0 Å². The molecule has 156 valence electrons. The fourth-order valence-corrected chi connectivity index (χ4v) is 3.44. The molecule has 1 atom stereocenters. The van der Waals surface area contributed by atoms with Gasteiger partial charge in [-0.1, -0.05) is 54.6 Å². The molecule has 0 aliphatic carbocycles. The van der Waals surface area contributed by atoms with Crippen molar-refractivity contribution >= 4 is 28.3 Å². The minimum absolute atomic E-state index is 0.0414. The molecule has 0 fully saturated rings. The number of ether oxygens (including phenoxy) is 1. The van der Waals surface area contributed by atoms with Crippen LogP contribution in [0.5, 0.6) is 5.75 Å². The number of carbonyl (C=O) groups excluding carboxylic acids is 2. The molecule has 0 bridgehead atoms. The summed E-state index contributed by atoms with van der Waals surface area (Å²) >= 11 is 0. The first kappa shape index (κ1) is 20.2. The maximum atomic E-state index is 13.6. The quantitative estimate of drug-likeness (QED) is 0.376. The van der Waals surface area contributed by atoms with Crippen LogP contribution >= 0.6 is 0 Å². The number of ketones is 1. The molecule has 6 nitrogen and oxygen atoms in total. The first-order chi connectivity index (χ1) is 15.2. The van der Waals surface area contributed by atoms with Crippen molar-refractivity contribution in [3.05, 3.63) is 96.2 Å². The number of para-hydroxylation sites is 1. The first-order valence-corrected chi connectivity index (χ1v) is 10.0. The smallest absolute Gasteiger partial charge is 0.257 e. The monoisotopic (exact) mass is 413 g/mol. The minimum Gasteiger partial charge on any atom is -0.484 e. The fraction of sp³-hybridized carbons (Fsp3) is 0.120. The van der Waals surface area contributed by atoms with Crippen LogP contribution in [0.4, 0.5) is 5.69 Å². The predicted octanol–water partition coefficient (Wildman–Crippen LogP) is 4.33. The Morgan fingerprint density at radius 3 is 2.55 bits per heavy atom. The van der Waals surface area contributed by atoms with Gasteiger partial charge in [-0.2, -0.15) is 0 Å². The van der Waals surface area contributed by atoms with Crippen LogP contribution in [0.15, 0.2) is 85.1 Å². The molecular weight excluding hydrogens is 390 g/mol. The van der Waals surface area contributed by atoms with Crippen LogP contribution in [-0.4, -0.2) is 30.3 Å². The third-order valence-corrected chi connectivity index (χ3v) is 5.04. The van der Waals surface area contributed by atoms with E-state index >= 15 is 0 Å². The normalized spacial score (nSPS) is 11.6. The van der Waals surface area contributed by atoms with E-state index in [0.717, 1.165) is 22.2 Å². The molecule has 0 aliphatic heterocycles. The molecule has 0 aliphatic rings. The number of hydrogen-bond acceptors (Lipinski definition) is 4. The van der Waals surface area contributed by atoms with E-state index < -0.39 is 6.04 Å². The molecular formula is C25H23N3O3. The summed E-state index contributed by atoms with van der Waals surface area (Å²) in [6.45, 7) is -0.0731. The second kappa shape index (κ2) is 9.17. The topological polar surface area (TPSA) is 83.2 Å². The summed E-state index contributed by atoms with van der Waals surface area (Å²) in [6.07, 6.45) is 1.76. The highest BCUT2D eigenvalue weighted by Gasteiger charge is 2.24. The largest absolute Gasteiger partial charge is 0.484 e. The van der Waals surface area contributed by atoms with Gasteiger partial charge in [-0.3, -0.25) is 9.59 Å². The van der Waals surface area contributed by atoms with E-state index in [1.165, 1.54) is 0 Å². The SMILES string of the molecule is CNC(=O)COc1cccc(NC(C(=O)c2c[nH]c3ccccc23)c2ccccc2)c1. The Hall–Kier alpha value is -4.06. The van der Waals surface area contributed by atoms with Crippen LogP contribution in [0, 0.1) is 0 Å². The molecule has 0 spiro atoms. The van der Waals surface area contributed by atoms with Crippen LogP contribution in [0.1, 0.15) is 22.0 Å². The van der Waals surface area contributed by atoms with Gasteiger partial charge in [-0.15, -0.1) is 0 Å². The van der Waals surface area contributed by atoms with Gasteiger partial charge in [-0.25, -0.2) is 0 Å². The van der Waals surface area contributed by atoms with Crippen molar-refractivity contribution in [2.75, 3.05) is 19.0 Å². The van der Waals surface area contributed by atoms with E-state index in [0.29, 0.717) is 11.3 Å². The molecule has 0 saturated heterocycles. The average molecular weight is 413 g/mol. The lowest BCUT2D eigenvalue weighted by atomic mass is 9.96. The summed E-state index contributed by atoms with van der Waals surface area (Å²) in [4.78, 5) is 28.2. The Bertz CT molecular complexity index is 1200. The minimum atomic E-state index is -0.588. The number of H-pyrrole nitrogens is 1. The van der Waals surface area contributed by atoms with Gasteiger partial charge < -0.3 is 20.4 Å². The Kier molecular flexibility index (Phi) is 5.98. The zero-order chi connectivity index (χ0) is 21.6. The molecule has 1 aromatic heterocycles. The van der Waals surface area contributed by atoms with Crippen molar-refractivity contribution in [3.63, 3.8) is 0 Å². The van der Waals surface area contributed by atoms with Gasteiger partial charge in [0.05, 0.1) is 0 Å². The van der Waals surface area contributed by atoms with Crippen LogP contribution in [0.25, 0.3) is 10.9 Å². The first-order valence-electron chi connectivity index (χ1n) is 10.0. The molecule has 4 rings (SSSR count). The van der Waals surface area contributed by atoms with E-state index in [1.54, 1.807) is 25.4 Å². The van der Waals surface area contributed by atoms with Gasteiger partial charge in [0, 0.05) is 41.5 Å². The standard InChI is InChI=1S/C25H23N3O3/c1-26-23(29)16-31-19-11-7-10-18(14-19)28-24(17-8-3-2-4-9-17)25(30)21-15-27-22-13-6-5-12-20(21)22/h2-15,24,27-28H,16H2,1H3,(H,26,29). The number of nitrogens with one attached hydrogen (secondary N) is 3. The van der Waals surface area contributed by atoms with E-state index in [-0.39, 0.29) is 18.3 Å². The molecule has 4 aromatic rings. The second-order valence-electron chi connectivity index (χ2n) is 7.09. The summed E-state index contributed by atoms with van der Waals surface area (Å²) in [6, 6.07) is 24.0. The number of rotatable bonds is 8. The summed E-state index contributed by atoms with van der Waals surface area (Å²) in [5, 5.41) is 6.75. The molecule has 31 heavy (non-hydrogen) atoms. The van der Waals surface area contributed by atoms with Crippen molar-refractivity contribution in [3.8, 4) is 5.75 Å². The summed E-state index contributed by atoms with van der Waals surface area (Å²) in [5.41, 5.74) is 3.12. The van der Waals surface area contributed by atoms with E-state index in [9.17, 15) is 9.59 Å². The molecule has 0 radical (unpaired) electrons. The third kappa shape index (κ3) is 4.59. The lowest BCUT2D eigenvalue weighted by Crippen LogP contribution is -2.25. The van der Waals surface area contributed by atoms with Crippen LogP contribution in [0.2, 0.25) is 0 Å². The Morgan fingerprint density at radius 1 is 0.968 bits per heavy atom. The number of aromatic amines is 1. The highest BCUT2D eigenvalue weighted by molar-refractivity contribution is 6.11. The van der Waals surface area contributed by atoms with Gasteiger partial charge in [0.25, 0.3) is 5.91 Å². The molecule has 3 N–H and O–H groups in total. The van der Waals surface area contributed by atoms with Gasteiger partial charge in [0.1, 0.15) is 11.8 Å². The molecule has 6 heteroatoms. The third-order valence-electron chi connectivity index (χ3n) is 5.04. The average Bonchev–Trinajstić information content (AvgIpc) is 3.25. The number of carbonyl (C=O) groups is 2. The number of aromatic nitrogens is 1. The number of benzene rings is 3. The van der Waals surface area contributed by atoms with Crippen molar-refractivity contribution in [1.82, 2.24) is 10.3 Å². The fourth-order valence-electron chi connectivity index (χ4n) is 3.44. The van der Waals surface area contributed by atoms with Gasteiger partial charge in [0.2, 0.25) is 0 Å².